The third-order valence-corrected chi connectivity index (χ3v) is 5.12. The molecular weight excluding hydrogens is 260 g/mol. The highest BCUT2D eigenvalue weighted by atomic mass is 17.3. The van der Waals surface area contributed by atoms with E-state index in [4.69, 9.17) is 19.2 Å². The Morgan fingerprint density at radius 2 is 2.10 bits per heavy atom. The normalized spacial score (nSPS) is 53.3. The molecule has 108 valence electrons. The van der Waals surface area contributed by atoms with Crippen LogP contribution in [-0.4, -0.2) is 29.6 Å². The van der Waals surface area contributed by atoms with E-state index in [9.17, 15) is 4.79 Å². The summed E-state index contributed by atoms with van der Waals surface area (Å²) in [5.41, 5.74) is -0.0336. The van der Waals surface area contributed by atoms with Crippen molar-refractivity contribution in [3.63, 3.8) is 0 Å². The van der Waals surface area contributed by atoms with Gasteiger partial charge in [-0.15, -0.1) is 0 Å². The van der Waals surface area contributed by atoms with Gasteiger partial charge >= 0.3 is 5.97 Å². The van der Waals surface area contributed by atoms with Crippen LogP contribution in [0, 0.1) is 11.8 Å². The number of carbonyl (C=O) groups is 1. The average molecular weight is 278 g/mol. The summed E-state index contributed by atoms with van der Waals surface area (Å²) in [6, 6.07) is 0. The summed E-state index contributed by atoms with van der Waals surface area (Å²) in [5.74, 6) is -0.976. The zero-order chi connectivity index (χ0) is 14.1. The van der Waals surface area contributed by atoms with Crippen molar-refractivity contribution in [2.45, 2.75) is 50.3 Å². The van der Waals surface area contributed by atoms with E-state index in [1.54, 1.807) is 0 Å². The quantitative estimate of drug-likeness (QED) is 0.293. The monoisotopic (exact) mass is 278 g/mol. The molecular formula is C15H18O5. The van der Waals surface area contributed by atoms with Gasteiger partial charge < -0.3 is 9.47 Å². The van der Waals surface area contributed by atoms with Gasteiger partial charge in [0, 0.05) is 11.5 Å². The summed E-state index contributed by atoms with van der Waals surface area (Å²) in [7, 11) is 0. The van der Waals surface area contributed by atoms with E-state index in [1.165, 1.54) is 0 Å². The minimum atomic E-state index is -0.837. The van der Waals surface area contributed by atoms with Gasteiger partial charge in [0.15, 0.2) is 5.60 Å². The molecule has 0 aromatic heterocycles. The molecule has 1 spiro atoms. The molecule has 2 bridgehead atoms. The molecule has 0 aromatic carbocycles. The van der Waals surface area contributed by atoms with E-state index < -0.39 is 11.4 Å². The Hall–Kier alpha value is -1.17. The standard InChI is InChI=1S/C15H18O5/c1-8-6-11-10(9(2)13(16)17-11)7-12-15(8)5-4-14(3,18-12)19-20-15/h4-5,8,10-12H,2,6-7H2,1,3H3/t8-,10+,11-,12+,14+,15+/m0/s1. The van der Waals surface area contributed by atoms with Gasteiger partial charge in [0.1, 0.15) is 6.10 Å². The van der Waals surface area contributed by atoms with Crippen LogP contribution in [0.4, 0.5) is 0 Å². The van der Waals surface area contributed by atoms with E-state index in [-0.39, 0.29) is 30.0 Å². The number of rotatable bonds is 0. The first kappa shape index (κ1) is 12.6. The first-order chi connectivity index (χ1) is 9.43. The molecule has 0 N–H and O–H groups in total. The highest BCUT2D eigenvalue weighted by molar-refractivity contribution is 5.90. The van der Waals surface area contributed by atoms with Gasteiger partial charge in [-0.05, 0) is 37.8 Å². The van der Waals surface area contributed by atoms with Gasteiger partial charge in [-0.25, -0.2) is 9.68 Å². The fraction of sp³-hybridized carbons (Fsp3) is 0.667. The Bertz CT molecular complexity index is 526. The number of ether oxygens (including phenoxy) is 2. The molecule has 0 aromatic rings. The van der Waals surface area contributed by atoms with Gasteiger partial charge in [0.2, 0.25) is 5.79 Å². The number of fused-ring (bicyclic) bond motifs is 2. The molecule has 0 unspecified atom stereocenters. The van der Waals surface area contributed by atoms with Crippen LogP contribution in [0.15, 0.2) is 24.3 Å². The molecule has 3 fully saturated rings. The first-order valence-electron chi connectivity index (χ1n) is 7.08. The summed E-state index contributed by atoms with van der Waals surface area (Å²) < 4.78 is 11.5. The number of esters is 1. The van der Waals surface area contributed by atoms with Gasteiger partial charge in [-0.1, -0.05) is 13.5 Å². The lowest BCUT2D eigenvalue weighted by molar-refractivity contribution is -0.517. The van der Waals surface area contributed by atoms with Gasteiger partial charge in [0.05, 0.1) is 6.10 Å². The molecule has 5 aliphatic rings. The molecule has 5 nitrogen and oxygen atoms in total. The van der Waals surface area contributed by atoms with Crippen molar-refractivity contribution in [1.82, 2.24) is 0 Å². The lowest BCUT2D eigenvalue weighted by Crippen LogP contribution is -2.61. The number of hydrogen-bond donors (Lipinski definition) is 0. The summed E-state index contributed by atoms with van der Waals surface area (Å²) >= 11 is 0. The predicted octanol–water partition coefficient (Wildman–Crippen LogP) is 1.89. The van der Waals surface area contributed by atoms with Gasteiger partial charge in [-0.2, -0.15) is 4.89 Å². The second kappa shape index (κ2) is 3.72. The summed E-state index contributed by atoms with van der Waals surface area (Å²) in [5, 5.41) is 0. The molecule has 5 rings (SSSR count). The summed E-state index contributed by atoms with van der Waals surface area (Å²) in [4.78, 5) is 22.8. The Morgan fingerprint density at radius 3 is 2.80 bits per heavy atom. The van der Waals surface area contributed by atoms with Crippen LogP contribution in [0.3, 0.4) is 0 Å². The molecule has 6 atom stereocenters. The molecule has 0 radical (unpaired) electrons. The molecule has 0 amide bonds. The SMILES string of the molecule is C=C1C(=O)O[C@H]2C[C@H](C)[C@@]34C=C[C@@](C)(OO3)O[C@@H]4C[C@H]12. The largest absolute Gasteiger partial charge is 0.458 e. The van der Waals surface area contributed by atoms with Crippen molar-refractivity contribution in [3.05, 3.63) is 24.3 Å². The predicted molar refractivity (Wildman–Crippen MR) is 68.2 cm³/mol. The second-order valence-electron chi connectivity index (χ2n) is 6.42. The highest BCUT2D eigenvalue weighted by Gasteiger charge is 2.60. The zero-order valence-corrected chi connectivity index (χ0v) is 11.6. The van der Waals surface area contributed by atoms with E-state index in [0.717, 1.165) is 6.42 Å². The Balaban J connectivity index is 1.74. The van der Waals surface area contributed by atoms with Crippen LogP contribution in [0.1, 0.15) is 26.7 Å². The van der Waals surface area contributed by atoms with Crippen LogP contribution >= 0.6 is 0 Å². The highest BCUT2D eigenvalue weighted by Crippen LogP contribution is 2.52. The van der Waals surface area contributed by atoms with Crippen molar-refractivity contribution >= 4 is 5.97 Å². The molecule has 2 saturated heterocycles. The van der Waals surface area contributed by atoms with E-state index in [0.29, 0.717) is 12.0 Å². The van der Waals surface area contributed by atoms with Crippen molar-refractivity contribution in [2.75, 3.05) is 0 Å². The Morgan fingerprint density at radius 1 is 1.30 bits per heavy atom. The maximum absolute atomic E-state index is 11.7. The molecule has 4 heterocycles. The Kier molecular flexibility index (Phi) is 2.34. The molecule has 1 saturated carbocycles. The number of hydrogen-bond acceptors (Lipinski definition) is 5. The fourth-order valence-electron chi connectivity index (χ4n) is 3.82. The topological polar surface area (TPSA) is 54.0 Å². The molecule has 4 aliphatic heterocycles. The lowest BCUT2D eigenvalue weighted by atomic mass is 9.79. The van der Waals surface area contributed by atoms with Crippen LogP contribution in [0.2, 0.25) is 0 Å². The summed E-state index contributed by atoms with van der Waals surface area (Å²) in [6.45, 7) is 7.78. The number of carbonyl (C=O) groups excluding carboxylic acids is 1. The van der Waals surface area contributed by atoms with Crippen LogP contribution in [0.5, 0.6) is 0 Å². The van der Waals surface area contributed by atoms with E-state index in [2.05, 4.69) is 19.6 Å². The minimum absolute atomic E-state index is 0.00859. The van der Waals surface area contributed by atoms with Crippen LogP contribution in [-0.2, 0) is 24.0 Å². The molecule has 1 aliphatic carbocycles. The third-order valence-electron chi connectivity index (χ3n) is 5.12. The van der Waals surface area contributed by atoms with Crippen LogP contribution in [0.25, 0.3) is 0 Å². The second-order valence-corrected chi connectivity index (χ2v) is 6.42. The minimum Gasteiger partial charge on any atom is -0.458 e. The van der Waals surface area contributed by atoms with E-state index in [1.807, 2.05) is 13.0 Å². The lowest BCUT2D eigenvalue weighted by Gasteiger charge is -2.52. The zero-order valence-electron chi connectivity index (χ0n) is 11.6. The van der Waals surface area contributed by atoms with Gasteiger partial charge in [0.25, 0.3) is 0 Å². The maximum Gasteiger partial charge on any atom is 0.334 e. The van der Waals surface area contributed by atoms with Crippen molar-refractivity contribution in [1.29, 1.82) is 0 Å². The van der Waals surface area contributed by atoms with Gasteiger partial charge in [-0.3, -0.25) is 0 Å². The van der Waals surface area contributed by atoms with E-state index >= 15 is 0 Å². The average Bonchev–Trinajstić information content (AvgIpc) is 2.61. The maximum atomic E-state index is 11.7. The van der Waals surface area contributed by atoms with Crippen molar-refractivity contribution < 1.29 is 24.0 Å². The van der Waals surface area contributed by atoms with Crippen molar-refractivity contribution in [3.8, 4) is 0 Å². The third kappa shape index (κ3) is 1.46. The first-order valence-corrected chi connectivity index (χ1v) is 7.08. The Labute approximate surface area is 117 Å². The molecule has 5 heteroatoms. The fourth-order valence-corrected chi connectivity index (χ4v) is 3.82. The van der Waals surface area contributed by atoms with Crippen LogP contribution < -0.4 is 0 Å². The smallest absolute Gasteiger partial charge is 0.334 e. The van der Waals surface area contributed by atoms with Crippen molar-refractivity contribution in [2.24, 2.45) is 11.8 Å². The molecule has 20 heavy (non-hydrogen) atoms. The summed E-state index contributed by atoms with van der Waals surface area (Å²) in [6.07, 6.45) is 5.08.